The van der Waals surface area contributed by atoms with Crippen LogP contribution in [0.25, 0.3) is 0 Å². The van der Waals surface area contributed by atoms with Crippen molar-refractivity contribution in [2.24, 2.45) is 0 Å². The lowest BCUT2D eigenvalue weighted by molar-refractivity contribution is -0.126. The van der Waals surface area contributed by atoms with Gasteiger partial charge in [-0.1, -0.05) is 24.3 Å². The highest BCUT2D eigenvalue weighted by Gasteiger charge is 2.28. The highest BCUT2D eigenvalue weighted by molar-refractivity contribution is 6.42. The molecule has 0 radical (unpaired) electrons. The van der Waals surface area contributed by atoms with Crippen molar-refractivity contribution in [2.75, 3.05) is 31.1 Å². The molecule has 2 heterocycles. The predicted octanol–water partition coefficient (Wildman–Crippen LogP) is 3.82. The molecular formula is C25H26FN3O2. The van der Waals surface area contributed by atoms with Crippen LogP contribution in [0.1, 0.15) is 27.2 Å². The van der Waals surface area contributed by atoms with Crippen LogP contribution in [0.4, 0.5) is 10.1 Å². The Morgan fingerprint density at radius 2 is 1.61 bits per heavy atom. The zero-order valence-electron chi connectivity index (χ0n) is 17.8. The van der Waals surface area contributed by atoms with Gasteiger partial charge in [0, 0.05) is 44.6 Å². The number of carbonyl (C=O) groups excluding carboxylic acids is 2. The lowest BCUT2D eigenvalue weighted by Gasteiger charge is -2.36. The number of hydrogen-bond donors (Lipinski definition) is 0. The van der Waals surface area contributed by atoms with Gasteiger partial charge in [0.05, 0.1) is 5.69 Å². The average Bonchev–Trinajstić information content (AvgIpc) is 3.24. The van der Waals surface area contributed by atoms with Gasteiger partial charge in [-0.05, 0) is 60.9 Å². The molecule has 0 unspecified atom stereocenters. The molecular weight excluding hydrogens is 393 g/mol. The zero-order chi connectivity index (χ0) is 22.0. The molecule has 0 spiro atoms. The maximum Gasteiger partial charge on any atom is 0.296 e. The lowest BCUT2D eigenvalue weighted by atomic mass is 10.1. The van der Waals surface area contributed by atoms with E-state index in [2.05, 4.69) is 30.9 Å². The van der Waals surface area contributed by atoms with Crippen LogP contribution in [-0.4, -0.2) is 47.3 Å². The van der Waals surface area contributed by atoms with E-state index in [0.29, 0.717) is 38.4 Å². The zero-order valence-corrected chi connectivity index (χ0v) is 17.8. The number of nitrogens with zero attached hydrogens (tertiary/aromatic N) is 3. The second-order valence-electron chi connectivity index (χ2n) is 7.98. The highest BCUT2D eigenvalue weighted by atomic mass is 19.1. The first-order chi connectivity index (χ1) is 14.9. The molecule has 4 rings (SSSR count). The Hall–Kier alpha value is -3.41. The van der Waals surface area contributed by atoms with Crippen LogP contribution in [0.15, 0.2) is 60.8 Å². The first kappa shape index (κ1) is 20.8. The summed E-state index contributed by atoms with van der Waals surface area (Å²) in [7, 11) is 0. The topological polar surface area (TPSA) is 45.6 Å². The van der Waals surface area contributed by atoms with Crippen LogP contribution in [0.3, 0.4) is 0 Å². The second-order valence-corrected chi connectivity index (χ2v) is 7.98. The minimum Gasteiger partial charge on any atom is -0.368 e. The molecule has 3 aromatic rings. The van der Waals surface area contributed by atoms with E-state index in [4.69, 9.17) is 0 Å². The Kier molecular flexibility index (Phi) is 5.89. The SMILES string of the molecule is Cc1cccc(N2CCN(C(=O)C(=O)c3cccn3Cc3ccc(F)cc3)CC2)c1C. The van der Waals surface area contributed by atoms with E-state index in [1.54, 1.807) is 39.9 Å². The number of benzene rings is 2. The molecule has 0 atom stereocenters. The molecule has 6 heteroatoms. The maximum absolute atomic E-state index is 13.1. The van der Waals surface area contributed by atoms with Crippen molar-refractivity contribution in [3.63, 3.8) is 0 Å². The van der Waals surface area contributed by atoms with Crippen LogP contribution in [0.5, 0.6) is 0 Å². The van der Waals surface area contributed by atoms with Gasteiger partial charge in [0.1, 0.15) is 5.82 Å². The fraction of sp³-hybridized carbons (Fsp3) is 0.280. The Morgan fingerprint density at radius 3 is 2.32 bits per heavy atom. The quantitative estimate of drug-likeness (QED) is 0.467. The van der Waals surface area contributed by atoms with Gasteiger partial charge in [0.25, 0.3) is 11.7 Å². The minimum absolute atomic E-state index is 0.303. The van der Waals surface area contributed by atoms with Crippen molar-refractivity contribution in [3.05, 3.63) is 89.0 Å². The van der Waals surface area contributed by atoms with Gasteiger partial charge in [0.15, 0.2) is 0 Å². The molecule has 160 valence electrons. The van der Waals surface area contributed by atoms with Gasteiger partial charge >= 0.3 is 0 Å². The van der Waals surface area contributed by atoms with Crippen LogP contribution < -0.4 is 4.90 Å². The van der Waals surface area contributed by atoms with Crippen molar-refractivity contribution in [2.45, 2.75) is 20.4 Å². The number of anilines is 1. The monoisotopic (exact) mass is 419 g/mol. The van der Waals surface area contributed by atoms with E-state index in [1.165, 1.54) is 28.9 Å². The Labute approximate surface area is 181 Å². The Balaban J connectivity index is 1.42. The van der Waals surface area contributed by atoms with Gasteiger partial charge in [0.2, 0.25) is 0 Å². The summed E-state index contributed by atoms with van der Waals surface area (Å²) in [5.41, 5.74) is 4.89. The van der Waals surface area contributed by atoms with Crippen molar-refractivity contribution in [1.82, 2.24) is 9.47 Å². The number of aryl methyl sites for hydroxylation is 1. The smallest absolute Gasteiger partial charge is 0.296 e. The number of Topliss-reactive ketones (excluding diaryl/α,β-unsaturated/α-hetero) is 1. The summed E-state index contributed by atoms with van der Waals surface area (Å²) in [6.45, 7) is 7.02. The number of carbonyl (C=O) groups is 2. The molecule has 1 aliphatic heterocycles. The fourth-order valence-corrected chi connectivity index (χ4v) is 4.03. The molecule has 5 nitrogen and oxygen atoms in total. The van der Waals surface area contributed by atoms with Gasteiger partial charge in [-0.25, -0.2) is 4.39 Å². The number of hydrogen-bond acceptors (Lipinski definition) is 3. The largest absolute Gasteiger partial charge is 0.368 e. The number of halogens is 1. The fourth-order valence-electron chi connectivity index (χ4n) is 4.03. The third kappa shape index (κ3) is 4.38. The first-order valence-corrected chi connectivity index (χ1v) is 10.5. The van der Waals surface area contributed by atoms with Crippen molar-refractivity contribution in [1.29, 1.82) is 0 Å². The molecule has 1 aliphatic rings. The Morgan fingerprint density at radius 1 is 0.903 bits per heavy atom. The highest BCUT2D eigenvalue weighted by Crippen LogP contribution is 2.24. The molecule has 0 saturated carbocycles. The van der Waals surface area contributed by atoms with Gasteiger partial charge < -0.3 is 14.4 Å². The molecule has 0 aliphatic carbocycles. The molecule has 0 bridgehead atoms. The molecule has 2 aromatic carbocycles. The van der Waals surface area contributed by atoms with Gasteiger partial charge in [-0.3, -0.25) is 9.59 Å². The molecule has 1 fully saturated rings. The van der Waals surface area contributed by atoms with E-state index in [1.807, 2.05) is 6.07 Å². The number of piperazine rings is 1. The first-order valence-electron chi connectivity index (χ1n) is 10.5. The number of amides is 1. The summed E-state index contributed by atoms with van der Waals surface area (Å²) in [6, 6.07) is 15.8. The second kappa shape index (κ2) is 8.76. The third-order valence-corrected chi connectivity index (χ3v) is 6.01. The molecule has 1 amide bonds. The van der Waals surface area contributed by atoms with Crippen LogP contribution in [-0.2, 0) is 11.3 Å². The number of rotatable bonds is 5. The summed E-state index contributed by atoms with van der Waals surface area (Å²) >= 11 is 0. The molecule has 31 heavy (non-hydrogen) atoms. The third-order valence-electron chi connectivity index (χ3n) is 6.01. The van der Waals surface area contributed by atoms with E-state index in [0.717, 1.165) is 5.56 Å². The van der Waals surface area contributed by atoms with Gasteiger partial charge in [-0.2, -0.15) is 0 Å². The van der Waals surface area contributed by atoms with Crippen molar-refractivity contribution in [3.8, 4) is 0 Å². The van der Waals surface area contributed by atoms with Crippen molar-refractivity contribution < 1.29 is 14.0 Å². The Bertz CT molecular complexity index is 1100. The number of ketones is 1. The van der Waals surface area contributed by atoms with Crippen LogP contribution >= 0.6 is 0 Å². The van der Waals surface area contributed by atoms with E-state index in [9.17, 15) is 14.0 Å². The maximum atomic E-state index is 13.1. The predicted molar refractivity (Wildman–Crippen MR) is 119 cm³/mol. The summed E-state index contributed by atoms with van der Waals surface area (Å²) in [5.74, 6) is -1.28. The summed E-state index contributed by atoms with van der Waals surface area (Å²) in [4.78, 5) is 29.7. The van der Waals surface area contributed by atoms with E-state index in [-0.39, 0.29) is 5.82 Å². The average molecular weight is 420 g/mol. The molecule has 1 saturated heterocycles. The number of aromatic nitrogens is 1. The standard InChI is InChI=1S/C25H26FN3O2/c1-18-5-3-6-22(19(18)2)27-13-15-28(16-14-27)25(31)24(30)23-7-4-12-29(23)17-20-8-10-21(26)11-9-20/h3-12H,13-17H2,1-2H3. The summed E-state index contributed by atoms with van der Waals surface area (Å²) in [5, 5.41) is 0. The van der Waals surface area contributed by atoms with Crippen molar-refractivity contribution >= 4 is 17.4 Å². The summed E-state index contributed by atoms with van der Waals surface area (Å²) < 4.78 is 14.9. The van der Waals surface area contributed by atoms with E-state index >= 15 is 0 Å². The minimum atomic E-state index is -0.507. The molecule has 0 N–H and O–H groups in total. The van der Waals surface area contributed by atoms with Gasteiger partial charge in [-0.15, -0.1) is 0 Å². The summed E-state index contributed by atoms with van der Waals surface area (Å²) in [6.07, 6.45) is 1.77. The van der Waals surface area contributed by atoms with Crippen LogP contribution in [0.2, 0.25) is 0 Å². The van der Waals surface area contributed by atoms with E-state index < -0.39 is 11.7 Å². The lowest BCUT2D eigenvalue weighted by Crippen LogP contribution is -2.51. The molecule has 1 aromatic heterocycles. The normalized spacial score (nSPS) is 14.0. The van der Waals surface area contributed by atoms with Crippen LogP contribution in [0, 0.1) is 19.7 Å².